The maximum absolute atomic E-state index is 11.7. The van der Waals surface area contributed by atoms with Crippen molar-refractivity contribution in [3.8, 4) is 11.1 Å². The number of rotatable bonds is 2. The summed E-state index contributed by atoms with van der Waals surface area (Å²) in [5.74, 6) is 0. The number of aryl methyl sites for hydroxylation is 2. The van der Waals surface area contributed by atoms with Crippen molar-refractivity contribution in [1.29, 1.82) is 0 Å². The monoisotopic (exact) mass is 336 g/mol. The van der Waals surface area contributed by atoms with Crippen molar-refractivity contribution in [2.45, 2.75) is 18.9 Å². The van der Waals surface area contributed by atoms with Gasteiger partial charge in [0.15, 0.2) is 20.5 Å². The van der Waals surface area contributed by atoms with Crippen LogP contribution < -0.4 is 0 Å². The molecule has 0 amide bonds. The molecule has 0 unspecified atom stereocenters. The normalized spacial score (nSPS) is 12.0. The Balaban J connectivity index is 2.32. The second kappa shape index (κ2) is 5.03. The van der Waals surface area contributed by atoms with Gasteiger partial charge in [0, 0.05) is 11.3 Å². The summed E-state index contributed by atoms with van der Waals surface area (Å²) in [7, 11) is -3.45. The van der Waals surface area contributed by atoms with E-state index in [4.69, 9.17) is 11.6 Å². The van der Waals surface area contributed by atoms with Crippen LogP contribution in [0.25, 0.3) is 16.8 Å². The zero-order valence-electron chi connectivity index (χ0n) is 12.2. The molecule has 0 bridgehead atoms. The lowest BCUT2D eigenvalue weighted by Crippen LogP contribution is -2.10. The molecular formula is C14H13ClN4O2S. The van der Waals surface area contributed by atoms with Crippen LogP contribution in [0.3, 0.4) is 0 Å². The van der Waals surface area contributed by atoms with Crippen molar-refractivity contribution in [3.63, 3.8) is 0 Å². The van der Waals surface area contributed by atoms with Gasteiger partial charge in [0.05, 0.1) is 17.0 Å². The molecule has 114 valence electrons. The first-order valence-corrected chi connectivity index (χ1v) is 8.74. The first-order valence-electron chi connectivity index (χ1n) is 6.47. The molecule has 0 saturated heterocycles. The molecule has 6 nitrogen and oxygen atoms in total. The number of halogens is 1. The number of hydrogen-bond donors (Lipinski definition) is 0. The SMILES string of the molecule is Cc1nn2c(C)c(S(C)(=O)=O)nnc2c1-c1ccc(Cl)cc1. The molecule has 0 aliphatic heterocycles. The maximum atomic E-state index is 11.7. The Labute approximate surface area is 132 Å². The van der Waals surface area contributed by atoms with Crippen LogP contribution in [-0.2, 0) is 9.84 Å². The van der Waals surface area contributed by atoms with Gasteiger partial charge in [0.25, 0.3) is 0 Å². The second-order valence-corrected chi connectivity index (χ2v) is 7.43. The third kappa shape index (κ3) is 2.36. The Morgan fingerprint density at radius 2 is 1.73 bits per heavy atom. The smallest absolute Gasteiger partial charge is 0.198 e. The van der Waals surface area contributed by atoms with Crippen LogP contribution in [0.1, 0.15) is 11.4 Å². The van der Waals surface area contributed by atoms with Gasteiger partial charge >= 0.3 is 0 Å². The first kappa shape index (κ1) is 14.9. The van der Waals surface area contributed by atoms with E-state index in [2.05, 4.69) is 15.3 Å². The minimum Gasteiger partial charge on any atom is -0.222 e. The minimum atomic E-state index is -3.45. The van der Waals surface area contributed by atoms with Gasteiger partial charge < -0.3 is 0 Å². The maximum Gasteiger partial charge on any atom is 0.198 e. The summed E-state index contributed by atoms with van der Waals surface area (Å²) >= 11 is 5.91. The number of sulfone groups is 1. The van der Waals surface area contributed by atoms with Gasteiger partial charge in [-0.1, -0.05) is 23.7 Å². The predicted octanol–water partition coefficient (Wildman–Crippen LogP) is 2.47. The number of nitrogens with zero attached hydrogens (tertiary/aromatic N) is 4. The zero-order valence-corrected chi connectivity index (χ0v) is 13.8. The number of hydrogen-bond acceptors (Lipinski definition) is 5. The summed E-state index contributed by atoms with van der Waals surface area (Å²) in [6.45, 7) is 3.51. The van der Waals surface area contributed by atoms with Crippen molar-refractivity contribution in [3.05, 3.63) is 40.7 Å². The fraction of sp³-hybridized carbons (Fsp3) is 0.214. The average molecular weight is 337 g/mol. The minimum absolute atomic E-state index is 0.0647. The lowest BCUT2D eigenvalue weighted by molar-refractivity contribution is 0.591. The summed E-state index contributed by atoms with van der Waals surface area (Å²) in [5.41, 5.74) is 3.41. The third-order valence-electron chi connectivity index (χ3n) is 3.38. The van der Waals surface area contributed by atoms with Crippen molar-refractivity contribution in [2.75, 3.05) is 6.26 Å². The summed E-state index contributed by atoms with van der Waals surface area (Å²) in [5, 5.41) is 12.9. The highest BCUT2D eigenvalue weighted by Crippen LogP contribution is 2.29. The van der Waals surface area contributed by atoms with E-state index >= 15 is 0 Å². The van der Waals surface area contributed by atoms with E-state index in [-0.39, 0.29) is 5.03 Å². The molecule has 3 aromatic rings. The number of fused-ring (bicyclic) bond motifs is 1. The standard InChI is InChI=1S/C14H13ClN4O2S/c1-8-12(10-4-6-11(15)7-5-10)13-16-17-14(22(3,20)21)9(2)19(13)18-8/h4-7H,1-3H3. The van der Waals surface area contributed by atoms with E-state index in [1.807, 2.05) is 19.1 Å². The van der Waals surface area contributed by atoms with E-state index in [9.17, 15) is 8.42 Å². The molecular weight excluding hydrogens is 324 g/mol. The van der Waals surface area contributed by atoms with Gasteiger partial charge in [-0.15, -0.1) is 10.2 Å². The Morgan fingerprint density at radius 3 is 2.32 bits per heavy atom. The van der Waals surface area contributed by atoms with Gasteiger partial charge in [-0.3, -0.25) is 0 Å². The predicted molar refractivity (Wildman–Crippen MR) is 83.8 cm³/mol. The van der Waals surface area contributed by atoms with Crippen LogP contribution in [0.2, 0.25) is 5.02 Å². The molecule has 0 atom stereocenters. The topological polar surface area (TPSA) is 77.2 Å². The zero-order chi connectivity index (χ0) is 16.1. The molecule has 0 radical (unpaired) electrons. The van der Waals surface area contributed by atoms with Crippen LogP contribution in [0, 0.1) is 13.8 Å². The molecule has 0 aliphatic carbocycles. The van der Waals surface area contributed by atoms with E-state index < -0.39 is 9.84 Å². The molecule has 2 heterocycles. The van der Waals surface area contributed by atoms with Crippen LogP contribution in [-0.4, -0.2) is 34.5 Å². The fourth-order valence-corrected chi connectivity index (χ4v) is 3.33. The molecule has 3 rings (SSSR count). The van der Waals surface area contributed by atoms with E-state index in [1.54, 1.807) is 19.1 Å². The molecule has 0 saturated carbocycles. The van der Waals surface area contributed by atoms with Crippen molar-refractivity contribution in [1.82, 2.24) is 19.8 Å². The Kier molecular flexibility index (Phi) is 3.41. The average Bonchev–Trinajstić information content (AvgIpc) is 2.76. The van der Waals surface area contributed by atoms with Crippen molar-refractivity contribution < 1.29 is 8.42 Å². The molecule has 22 heavy (non-hydrogen) atoms. The van der Waals surface area contributed by atoms with E-state index in [1.165, 1.54) is 4.52 Å². The van der Waals surface area contributed by atoms with Gasteiger partial charge in [-0.2, -0.15) is 5.10 Å². The van der Waals surface area contributed by atoms with Gasteiger partial charge in [-0.05, 0) is 31.5 Å². The summed E-state index contributed by atoms with van der Waals surface area (Å²) in [6, 6.07) is 7.30. The van der Waals surface area contributed by atoms with Gasteiger partial charge in [-0.25, -0.2) is 12.9 Å². The Bertz CT molecular complexity index is 978. The highest BCUT2D eigenvalue weighted by Gasteiger charge is 2.21. The summed E-state index contributed by atoms with van der Waals surface area (Å²) in [4.78, 5) is 0. The summed E-state index contributed by atoms with van der Waals surface area (Å²) in [6.07, 6.45) is 1.10. The first-order chi connectivity index (χ1) is 10.3. The van der Waals surface area contributed by atoms with Crippen LogP contribution in [0.5, 0.6) is 0 Å². The van der Waals surface area contributed by atoms with Crippen LogP contribution >= 0.6 is 11.6 Å². The highest BCUT2D eigenvalue weighted by atomic mass is 35.5. The Morgan fingerprint density at radius 1 is 1.09 bits per heavy atom. The lowest BCUT2D eigenvalue weighted by atomic mass is 10.1. The second-order valence-electron chi connectivity index (χ2n) is 5.07. The largest absolute Gasteiger partial charge is 0.222 e. The summed E-state index contributed by atoms with van der Waals surface area (Å²) < 4.78 is 25.0. The Hall–Kier alpha value is -1.99. The molecule has 1 aromatic carbocycles. The molecule has 0 N–H and O–H groups in total. The van der Waals surface area contributed by atoms with Crippen LogP contribution in [0.15, 0.2) is 29.3 Å². The molecule has 8 heteroatoms. The third-order valence-corrected chi connectivity index (χ3v) is 4.71. The number of benzene rings is 1. The quantitative estimate of drug-likeness (QED) is 0.718. The highest BCUT2D eigenvalue weighted by molar-refractivity contribution is 7.90. The fourth-order valence-electron chi connectivity index (χ4n) is 2.39. The lowest BCUT2D eigenvalue weighted by Gasteiger charge is -2.04. The molecule has 0 fully saturated rings. The van der Waals surface area contributed by atoms with Crippen molar-refractivity contribution in [2.24, 2.45) is 0 Å². The van der Waals surface area contributed by atoms with Crippen molar-refractivity contribution >= 4 is 27.1 Å². The molecule has 2 aromatic heterocycles. The van der Waals surface area contributed by atoms with E-state index in [0.29, 0.717) is 16.4 Å². The van der Waals surface area contributed by atoms with Crippen LogP contribution in [0.4, 0.5) is 0 Å². The van der Waals surface area contributed by atoms with E-state index in [0.717, 1.165) is 23.1 Å². The van der Waals surface area contributed by atoms with Gasteiger partial charge in [0.2, 0.25) is 0 Å². The molecule has 0 spiro atoms. The van der Waals surface area contributed by atoms with Gasteiger partial charge in [0.1, 0.15) is 0 Å². The number of aromatic nitrogens is 4. The molecule has 0 aliphatic rings.